The minimum atomic E-state index is -0.792. The molecule has 0 spiro atoms. The molecule has 2 fully saturated rings. The molecule has 2 N–H and O–H groups in total. The Morgan fingerprint density at radius 2 is 1.90 bits per heavy atom. The number of nitrogens with zero attached hydrogens (tertiary/aromatic N) is 2. The third-order valence-corrected chi connectivity index (χ3v) is 4.75. The van der Waals surface area contributed by atoms with Gasteiger partial charge in [-0.05, 0) is 51.2 Å². The van der Waals surface area contributed by atoms with Gasteiger partial charge in [0.2, 0.25) is 0 Å². The number of rotatable bonds is 4. The van der Waals surface area contributed by atoms with Crippen LogP contribution >= 0.6 is 0 Å². The molecule has 0 aromatic carbocycles. The molecule has 2 rings (SSSR count). The van der Waals surface area contributed by atoms with Gasteiger partial charge in [0.05, 0.1) is 5.92 Å². The van der Waals surface area contributed by atoms with Crippen molar-refractivity contribution in [2.75, 3.05) is 39.3 Å². The maximum Gasteiger partial charge on any atom is 0.317 e. The van der Waals surface area contributed by atoms with Gasteiger partial charge in [0, 0.05) is 19.6 Å². The zero-order chi connectivity index (χ0) is 15.2. The molecule has 2 aliphatic rings. The molecule has 6 heteroatoms. The van der Waals surface area contributed by atoms with E-state index in [9.17, 15) is 9.59 Å². The van der Waals surface area contributed by atoms with E-state index in [-0.39, 0.29) is 6.03 Å². The Labute approximate surface area is 126 Å². The Kier molecular flexibility index (Phi) is 5.85. The van der Waals surface area contributed by atoms with E-state index in [1.807, 2.05) is 0 Å². The van der Waals surface area contributed by atoms with Crippen LogP contribution in [0.2, 0.25) is 0 Å². The minimum Gasteiger partial charge on any atom is -0.481 e. The number of carboxylic acids is 1. The lowest BCUT2D eigenvalue weighted by Crippen LogP contribution is -2.48. The van der Waals surface area contributed by atoms with Crippen LogP contribution in [0.25, 0.3) is 0 Å². The van der Waals surface area contributed by atoms with Crippen LogP contribution in [0.3, 0.4) is 0 Å². The fourth-order valence-electron chi connectivity index (χ4n) is 3.21. The van der Waals surface area contributed by atoms with E-state index in [4.69, 9.17) is 5.11 Å². The van der Waals surface area contributed by atoms with Crippen molar-refractivity contribution in [2.24, 2.45) is 11.8 Å². The molecule has 0 radical (unpaired) electrons. The van der Waals surface area contributed by atoms with E-state index >= 15 is 0 Å². The summed E-state index contributed by atoms with van der Waals surface area (Å²) in [5.74, 6) is -0.645. The topological polar surface area (TPSA) is 72.9 Å². The second-order valence-corrected chi connectivity index (χ2v) is 6.19. The number of aliphatic carboxylic acids is 1. The van der Waals surface area contributed by atoms with Gasteiger partial charge in [-0.25, -0.2) is 4.79 Å². The minimum absolute atomic E-state index is 0.0983. The molecule has 0 saturated carbocycles. The van der Waals surface area contributed by atoms with Crippen LogP contribution < -0.4 is 5.32 Å². The van der Waals surface area contributed by atoms with Gasteiger partial charge in [-0.15, -0.1) is 0 Å². The molecule has 1 atom stereocenters. The number of carbonyl (C=O) groups excluding carboxylic acids is 1. The van der Waals surface area contributed by atoms with Crippen molar-refractivity contribution in [3.05, 3.63) is 0 Å². The first-order valence-corrected chi connectivity index (χ1v) is 8.08. The Bertz CT molecular complexity index is 367. The summed E-state index contributed by atoms with van der Waals surface area (Å²) in [5.41, 5.74) is 0. The van der Waals surface area contributed by atoms with Crippen molar-refractivity contribution in [2.45, 2.75) is 32.6 Å². The quantitative estimate of drug-likeness (QED) is 0.818. The predicted octanol–water partition coefficient (Wildman–Crippen LogP) is 1.22. The third-order valence-electron chi connectivity index (χ3n) is 4.75. The molecule has 21 heavy (non-hydrogen) atoms. The second kappa shape index (κ2) is 7.64. The van der Waals surface area contributed by atoms with Gasteiger partial charge in [-0.3, -0.25) is 4.79 Å². The first-order valence-electron chi connectivity index (χ1n) is 8.08. The van der Waals surface area contributed by atoms with Crippen molar-refractivity contribution in [3.63, 3.8) is 0 Å². The van der Waals surface area contributed by atoms with Gasteiger partial charge < -0.3 is 20.2 Å². The molecule has 2 saturated heterocycles. The second-order valence-electron chi connectivity index (χ2n) is 6.19. The van der Waals surface area contributed by atoms with Crippen molar-refractivity contribution < 1.29 is 14.7 Å². The van der Waals surface area contributed by atoms with Crippen LogP contribution in [0, 0.1) is 11.8 Å². The number of urea groups is 1. The molecule has 2 heterocycles. The summed E-state index contributed by atoms with van der Waals surface area (Å²) in [5, 5.41) is 12.0. The van der Waals surface area contributed by atoms with Crippen molar-refractivity contribution in [3.8, 4) is 0 Å². The zero-order valence-electron chi connectivity index (χ0n) is 12.9. The summed E-state index contributed by atoms with van der Waals surface area (Å²) in [6.45, 7) is 7.23. The van der Waals surface area contributed by atoms with E-state index in [1.54, 1.807) is 4.90 Å². The molecule has 0 aromatic rings. The van der Waals surface area contributed by atoms with Crippen molar-refractivity contribution in [1.82, 2.24) is 15.1 Å². The monoisotopic (exact) mass is 297 g/mol. The molecule has 120 valence electrons. The smallest absolute Gasteiger partial charge is 0.317 e. The van der Waals surface area contributed by atoms with Gasteiger partial charge in [-0.2, -0.15) is 0 Å². The number of likely N-dealkylation sites (tertiary alicyclic amines) is 2. The lowest BCUT2D eigenvalue weighted by atomic mass is 9.96. The van der Waals surface area contributed by atoms with Crippen LogP contribution in [-0.4, -0.2) is 66.2 Å². The predicted molar refractivity (Wildman–Crippen MR) is 80.2 cm³/mol. The summed E-state index contributed by atoms with van der Waals surface area (Å²) < 4.78 is 0. The SMILES string of the molecule is CCN1CCC(CNC(=O)N2CCC[C@H](C(=O)O)C2)CC1. The molecule has 0 aromatic heterocycles. The van der Waals surface area contributed by atoms with Gasteiger partial charge in [0.15, 0.2) is 0 Å². The van der Waals surface area contributed by atoms with E-state index in [0.717, 1.165) is 38.9 Å². The maximum absolute atomic E-state index is 12.1. The first kappa shape index (κ1) is 16.1. The Morgan fingerprint density at radius 1 is 1.19 bits per heavy atom. The first-order chi connectivity index (χ1) is 10.1. The third kappa shape index (κ3) is 4.59. The van der Waals surface area contributed by atoms with Crippen LogP contribution in [0.1, 0.15) is 32.6 Å². The molecule has 6 nitrogen and oxygen atoms in total. The molecule has 2 amide bonds. The molecule has 0 aliphatic carbocycles. The fraction of sp³-hybridized carbons (Fsp3) is 0.867. The largest absolute Gasteiger partial charge is 0.481 e. The van der Waals surface area contributed by atoms with E-state index in [1.165, 1.54) is 0 Å². The van der Waals surface area contributed by atoms with Gasteiger partial charge in [0.1, 0.15) is 0 Å². The lowest BCUT2D eigenvalue weighted by molar-refractivity contribution is -0.143. The average Bonchev–Trinajstić information content (AvgIpc) is 2.53. The summed E-state index contributed by atoms with van der Waals surface area (Å²) in [7, 11) is 0. The van der Waals surface area contributed by atoms with E-state index in [0.29, 0.717) is 32.0 Å². The summed E-state index contributed by atoms with van der Waals surface area (Å²) >= 11 is 0. The van der Waals surface area contributed by atoms with Crippen LogP contribution in [-0.2, 0) is 4.79 Å². The normalized spacial score (nSPS) is 24.8. The summed E-state index contributed by atoms with van der Waals surface area (Å²) in [6, 6.07) is -0.0983. The Balaban J connectivity index is 1.71. The van der Waals surface area contributed by atoms with Gasteiger partial charge >= 0.3 is 12.0 Å². The number of piperidine rings is 2. The van der Waals surface area contributed by atoms with Gasteiger partial charge in [0.25, 0.3) is 0 Å². The van der Waals surface area contributed by atoms with E-state index < -0.39 is 11.9 Å². The molecular weight excluding hydrogens is 270 g/mol. The lowest BCUT2D eigenvalue weighted by Gasteiger charge is -2.33. The zero-order valence-corrected chi connectivity index (χ0v) is 12.9. The number of carbonyl (C=O) groups is 2. The average molecular weight is 297 g/mol. The van der Waals surface area contributed by atoms with E-state index in [2.05, 4.69) is 17.1 Å². The fourth-order valence-corrected chi connectivity index (χ4v) is 3.21. The molecule has 2 aliphatic heterocycles. The molecule has 0 unspecified atom stereocenters. The number of carboxylic acid groups (broad SMARTS) is 1. The summed E-state index contributed by atoms with van der Waals surface area (Å²) in [4.78, 5) is 27.3. The summed E-state index contributed by atoms with van der Waals surface area (Å²) in [6.07, 6.45) is 3.71. The number of hydrogen-bond donors (Lipinski definition) is 2. The maximum atomic E-state index is 12.1. The Hall–Kier alpha value is -1.30. The number of nitrogens with one attached hydrogen (secondary N) is 1. The van der Waals surface area contributed by atoms with Crippen LogP contribution in [0.4, 0.5) is 4.79 Å². The van der Waals surface area contributed by atoms with Crippen LogP contribution in [0.5, 0.6) is 0 Å². The van der Waals surface area contributed by atoms with Gasteiger partial charge in [-0.1, -0.05) is 6.92 Å². The highest BCUT2D eigenvalue weighted by Gasteiger charge is 2.28. The van der Waals surface area contributed by atoms with Crippen molar-refractivity contribution in [1.29, 1.82) is 0 Å². The standard InChI is InChI=1S/C15H27N3O3/c1-2-17-8-5-12(6-9-17)10-16-15(21)18-7-3-4-13(11-18)14(19)20/h12-13H,2-11H2,1H3,(H,16,21)(H,19,20)/t13-/m0/s1. The highest BCUT2D eigenvalue weighted by Crippen LogP contribution is 2.18. The highest BCUT2D eigenvalue weighted by atomic mass is 16.4. The number of hydrogen-bond acceptors (Lipinski definition) is 3. The van der Waals surface area contributed by atoms with Crippen LogP contribution in [0.15, 0.2) is 0 Å². The molecule has 0 bridgehead atoms. The highest BCUT2D eigenvalue weighted by molar-refractivity contribution is 5.76. The van der Waals surface area contributed by atoms with Crippen molar-refractivity contribution >= 4 is 12.0 Å². The molecular formula is C15H27N3O3. The Morgan fingerprint density at radius 3 is 2.52 bits per heavy atom. The number of amides is 2.